The number of rotatable bonds is 5. The van der Waals surface area contributed by atoms with Crippen LogP contribution in [0.25, 0.3) is 0 Å². The van der Waals surface area contributed by atoms with E-state index in [9.17, 15) is 13.2 Å². The maximum Gasteiger partial charge on any atom is 0.244 e. The lowest BCUT2D eigenvalue weighted by Crippen LogP contribution is -2.37. The van der Waals surface area contributed by atoms with Gasteiger partial charge >= 0.3 is 0 Å². The zero-order valence-corrected chi connectivity index (χ0v) is 15.5. The lowest BCUT2D eigenvalue weighted by atomic mass is 10.2. The van der Waals surface area contributed by atoms with Gasteiger partial charge in [0.1, 0.15) is 4.90 Å². The molecule has 1 aliphatic rings. The van der Waals surface area contributed by atoms with E-state index in [4.69, 9.17) is 11.6 Å². The number of aromatic nitrogens is 2. The van der Waals surface area contributed by atoms with E-state index in [1.165, 1.54) is 0 Å². The molecular weight excluding hydrogens is 364 g/mol. The first kappa shape index (κ1) is 17.9. The third kappa shape index (κ3) is 3.70. The zero-order chi connectivity index (χ0) is 18.2. The van der Waals surface area contributed by atoms with Gasteiger partial charge in [-0.15, -0.1) is 0 Å². The number of benzene rings is 1. The molecule has 2 aromatic rings. The Morgan fingerprint density at radius 3 is 2.72 bits per heavy atom. The Bertz CT molecular complexity index is 890. The number of halogens is 1. The summed E-state index contributed by atoms with van der Waals surface area (Å²) < 4.78 is 27.8. The summed E-state index contributed by atoms with van der Waals surface area (Å²) in [7, 11) is -3.74. The summed E-state index contributed by atoms with van der Waals surface area (Å²) in [6.45, 7) is 3.94. The van der Waals surface area contributed by atoms with Crippen LogP contribution in [0.3, 0.4) is 0 Å². The number of H-pyrrole nitrogens is 1. The molecule has 134 valence electrons. The van der Waals surface area contributed by atoms with Crippen LogP contribution in [-0.4, -0.2) is 42.0 Å². The third-order valence-electron chi connectivity index (χ3n) is 4.18. The molecule has 1 amide bonds. The van der Waals surface area contributed by atoms with Crippen LogP contribution in [0.4, 0.5) is 0 Å². The Hall–Kier alpha value is -1.90. The normalized spacial score (nSPS) is 18.1. The van der Waals surface area contributed by atoms with Crippen LogP contribution in [0.1, 0.15) is 23.4 Å². The highest BCUT2D eigenvalue weighted by atomic mass is 35.5. The monoisotopic (exact) mass is 382 g/mol. The van der Waals surface area contributed by atoms with Crippen LogP contribution >= 0.6 is 11.6 Å². The van der Waals surface area contributed by atoms with Crippen molar-refractivity contribution >= 4 is 27.5 Å². The molecule has 0 spiro atoms. The quantitative estimate of drug-likeness (QED) is 0.823. The molecule has 1 fully saturated rings. The summed E-state index contributed by atoms with van der Waals surface area (Å²) in [6, 6.07) is 6.82. The molecule has 25 heavy (non-hydrogen) atoms. The predicted molar refractivity (Wildman–Crippen MR) is 93.7 cm³/mol. The van der Waals surface area contributed by atoms with Gasteiger partial charge < -0.3 is 4.90 Å². The Kier molecular flexibility index (Phi) is 4.86. The van der Waals surface area contributed by atoms with Crippen molar-refractivity contribution in [2.75, 3.05) is 6.54 Å². The van der Waals surface area contributed by atoms with Gasteiger partial charge in [0.2, 0.25) is 15.9 Å². The largest absolute Gasteiger partial charge is 0.337 e. The highest BCUT2D eigenvalue weighted by molar-refractivity contribution is 7.89. The number of hydrogen-bond donors (Lipinski definition) is 2. The minimum Gasteiger partial charge on any atom is -0.337 e. The molecule has 0 saturated carbocycles. The minimum absolute atomic E-state index is 0.103. The second kappa shape index (κ2) is 6.78. The Morgan fingerprint density at radius 2 is 2.08 bits per heavy atom. The molecule has 9 heteroatoms. The third-order valence-corrected chi connectivity index (χ3v) is 6.34. The van der Waals surface area contributed by atoms with Gasteiger partial charge in [0.15, 0.2) is 0 Å². The topological polar surface area (TPSA) is 95.2 Å². The molecule has 2 heterocycles. The van der Waals surface area contributed by atoms with Gasteiger partial charge in [-0.25, -0.2) is 13.1 Å². The van der Waals surface area contributed by atoms with E-state index in [0.717, 1.165) is 5.56 Å². The van der Waals surface area contributed by atoms with Crippen molar-refractivity contribution in [2.24, 2.45) is 0 Å². The number of aromatic amines is 1. The molecular formula is C16H19ClN4O3S. The fourth-order valence-corrected chi connectivity index (χ4v) is 4.84. The molecule has 7 nitrogen and oxygen atoms in total. The van der Waals surface area contributed by atoms with E-state index >= 15 is 0 Å². The number of sulfonamides is 1. The second-order valence-corrected chi connectivity index (χ2v) is 8.21. The number of carbonyl (C=O) groups excluding carboxylic acids is 1. The zero-order valence-electron chi connectivity index (χ0n) is 13.9. The molecule has 1 aromatic carbocycles. The molecule has 0 aliphatic carbocycles. The highest BCUT2D eigenvalue weighted by Gasteiger charge is 2.34. The number of nitrogens with zero attached hydrogens (tertiary/aromatic N) is 2. The average molecular weight is 383 g/mol. The van der Waals surface area contributed by atoms with E-state index in [1.807, 2.05) is 18.2 Å². The van der Waals surface area contributed by atoms with E-state index < -0.39 is 16.1 Å². The molecule has 2 N–H and O–H groups in total. The molecule has 1 atom stereocenters. The molecule has 0 bridgehead atoms. The lowest BCUT2D eigenvalue weighted by molar-refractivity contribution is -0.128. The number of hydrogen-bond acceptors (Lipinski definition) is 4. The Labute approximate surface area is 151 Å². The van der Waals surface area contributed by atoms with Crippen molar-refractivity contribution in [3.05, 3.63) is 46.2 Å². The fraction of sp³-hybridized carbons (Fsp3) is 0.375. The minimum atomic E-state index is -3.74. The summed E-state index contributed by atoms with van der Waals surface area (Å²) >= 11 is 6.14. The molecule has 0 radical (unpaired) electrons. The van der Waals surface area contributed by atoms with Gasteiger partial charge in [0.25, 0.3) is 0 Å². The van der Waals surface area contributed by atoms with Crippen LogP contribution < -0.4 is 4.72 Å². The second-order valence-electron chi connectivity index (χ2n) is 6.15. The maximum absolute atomic E-state index is 12.6. The first-order chi connectivity index (χ1) is 11.8. The molecule has 1 aliphatic heterocycles. The van der Waals surface area contributed by atoms with E-state index in [2.05, 4.69) is 14.9 Å². The van der Waals surface area contributed by atoms with E-state index in [1.54, 1.807) is 24.8 Å². The van der Waals surface area contributed by atoms with Gasteiger partial charge in [-0.05, 0) is 25.5 Å². The summed E-state index contributed by atoms with van der Waals surface area (Å²) in [5, 5.41) is 7.17. The first-order valence-corrected chi connectivity index (χ1v) is 9.69. The molecule has 3 rings (SSSR count). The summed E-state index contributed by atoms with van der Waals surface area (Å²) in [6.07, 6.45) is 0.125. The highest BCUT2D eigenvalue weighted by Crippen LogP contribution is 2.23. The number of nitrogens with one attached hydrogen (secondary N) is 2. The first-order valence-electron chi connectivity index (χ1n) is 7.83. The van der Waals surface area contributed by atoms with E-state index in [-0.39, 0.29) is 17.2 Å². The number of likely N-dealkylation sites (tertiary alicyclic amines) is 1. The lowest BCUT2D eigenvalue weighted by Gasteiger charge is -2.18. The fourth-order valence-electron chi connectivity index (χ4n) is 3.05. The van der Waals surface area contributed by atoms with Crippen LogP contribution in [0.2, 0.25) is 5.02 Å². The smallest absolute Gasteiger partial charge is 0.244 e. The van der Waals surface area contributed by atoms with Gasteiger partial charge in [0, 0.05) is 30.6 Å². The van der Waals surface area contributed by atoms with Gasteiger partial charge in [-0.3, -0.25) is 9.89 Å². The Balaban J connectivity index is 1.72. The molecule has 1 saturated heterocycles. The maximum atomic E-state index is 12.6. The van der Waals surface area contributed by atoms with Crippen LogP contribution in [0.5, 0.6) is 0 Å². The molecule has 0 unspecified atom stereocenters. The standard InChI is InChI=1S/C16H19ClN4O3S/c1-10-16(11(2)19-18-10)25(23,24)20-13-7-15(22)21(9-13)8-12-5-3-4-6-14(12)17/h3-6,13,20H,7-9H2,1-2H3,(H,18,19)/t13-/m0/s1. The van der Waals surface area contributed by atoms with Crippen LogP contribution in [-0.2, 0) is 21.4 Å². The van der Waals surface area contributed by atoms with Gasteiger partial charge in [-0.2, -0.15) is 5.10 Å². The van der Waals surface area contributed by atoms with Crippen LogP contribution in [0, 0.1) is 13.8 Å². The SMILES string of the molecule is Cc1n[nH]c(C)c1S(=O)(=O)N[C@H]1CC(=O)N(Cc2ccccc2Cl)C1. The number of aryl methyl sites for hydroxylation is 2. The van der Waals surface area contributed by atoms with Crippen molar-refractivity contribution in [1.29, 1.82) is 0 Å². The van der Waals surface area contributed by atoms with Crippen LogP contribution in [0.15, 0.2) is 29.2 Å². The van der Waals surface area contributed by atoms with E-state index in [0.29, 0.717) is 29.5 Å². The van der Waals surface area contributed by atoms with Gasteiger partial charge in [0.05, 0.1) is 11.4 Å². The number of amides is 1. The van der Waals surface area contributed by atoms with Crippen molar-refractivity contribution in [1.82, 2.24) is 19.8 Å². The van der Waals surface area contributed by atoms with Crippen molar-refractivity contribution in [3.63, 3.8) is 0 Å². The summed E-state index contributed by atoms with van der Waals surface area (Å²) in [4.78, 5) is 14.0. The predicted octanol–water partition coefficient (Wildman–Crippen LogP) is 1.76. The number of carbonyl (C=O) groups is 1. The van der Waals surface area contributed by atoms with Crippen molar-refractivity contribution < 1.29 is 13.2 Å². The van der Waals surface area contributed by atoms with Gasteiger partial charge in [-0.1, -0.05) is 29.8 Å². The molecule has 1 aromatic heterocycles. The average Bonchev–Trinajstić information content (AvgIpc) is 3.04. The van der Waals surface area contributed by atoms with Crippen molar-refractivity contribution in [3.8, 4) is 0 Å². The summed E-state index contributed by atoms with van der Waals surface area (Å²) in [5.74, 6) is -0.103. The summed E-state index contributed by atoms with van der Waals surface area (Å²) in [5.41, 5.74) is 1.71. The Morgan fingerprint density at radius 1 is 1.36 bits per heavy atom. The van der Waals surface area contributed by atoms with Crippen molar-refractivity contribution in [2.45, 2.75) is 37.8 Å².